The van der Waals surface area contributed by atoms with Crippen molar-refractivity contribution < 1.29 is 27.9 Å². The van der Waals surface area contributed by atoms with Gasteiger partial charge in [-0.2, -0.15) is 13.2 Å². The molecule has 2 rings (SSSR count). The Kier molecular flexibility index (Phi) is 11.5. The third-order valence-electron chi connectivity index (χ3n) is 3.60. The highest BCUT2D eigenvalue weighted by Crippen LogP contribution is 2.28. The minimum atomic E-state index is -4.33. The van der Waals surface area contributed by atoms with Crippen molar-refractivity contribution in [3.05, 3.63) is 35.4 Å². The van der Waals surface area contributed by atoms with Crippen LogP contribution in [-0.4, -0.2) is 36.0 Å². The van der Waals surface area contributed by atoms with E-state index >= 15 is 0 Å². The number of carboxylic acids is 1. The van der Waals surface area contributed by atoms with Gasteiger partial charge in [0.25, 0.3) is 0 Å². The van der Waals surface area contributed by atoms with Crippen LogP contribution in [0.2, 0.25) is 0 Å². The average molecular weight is 377 g/mol. The lowest BCUT2D eigenvalue weighted by Crippen LogP contribution is -2.37. The van der Waals surface area contributed by atoms with Crippen molar-refractivity contribution >= 4 is 12.3 Å². The Bertz CT molecular complexity index is 530. The number of aldehydes is 1. The summed E-state index contributed by atoms with van der Waals surface area (Å²) in [6.45, 7) is -0.00463. The van der Waals surface area contributed by atoms with Gasteiger partial charge in [-0.25, -0.2) is 0 Å². The number of benzene rings is 1. The smallest absolute Gasteiger partial charge is 0.416 e. The van der Waals surface area contributed by atoms with Crippen LogP contribution in [0.1, 0.15) is 48.0 Å². The molecule has 1 aliphatic rings. The molecule has 9 heteroatoms. The molecule has 1 fully saturated rings. The van der Waals surface area contributed by atoms with Crippen LogP contribution in [0.5, 0.6) is 0 Å². The van der Waals surface area contributed by atoms with Gasteiger partial charge in [0, 0.05) is 18.2 Å². The highest BCUT2D eigenvalue weighted by molar-refractivity contribution is 5.74. The Labute approximate surface area is 150 Å². The lowest BCUT2D eigenvalue weighted by molar-refractivity contribution is -0.138. The molecule has 7 N–H and O–H groups in total. The van der Waals surface area contributed by atoms with Gasteiger partial charge in [-0.1, -0.05) is 31.4 Å². The number of hydrogen-bond acceptors (Lipinski definition) is 5. The molecular weight excluding hydrogens is 351 g/mol. The summed E-state index contributed by atoms with van der Waals surface area (Å²) in [6, 6.07) is 3.66. The second kappa shape index (κ2) is 12.4. The molecule has 0 bridgehead atoms. The van der Waals surface area contributed by atoms with E-state index in [0.29, 0.717) is 12.3 Å². The molecule has 0 amide bonds. The number of halogens is 3. The summed E-state index contributed by atoms with van der Waals surface area (Å²) < 4.78 is 35.8. The van der Waals surface area contributed by atoms with Crippen molar-refractivity contribution in [2.24, 2.45) is 17.2 Å². The van der Waals surface area contributed by atoms with Crippen LogP contribution in [0.3, 0.4) is 0 Å². The highest BCUT2D eigenvalue weighted by atomic mass is 19.4. The molecule has 0 unspecified atom stereocenters. The molecule has 0 aromatic heterocycles. The SMILES string of the molecule is NC1CCCCC1.NC[C@H](N)C(=O)O.O=Cc1ccc(C(F)(F)F)cc1. The summed E-state index contributed by atoms with van der Waals surface area (Å²) >= 11 is 0. The van der Waals surface area contributed by atoms with Crippen molar-refractivity contribution in [1.29, 1.82) is 0 Å². The molecule has 6 nitrogen and oxygen atoms in total. The van der Waals surface area contributed by atoms with Gasteiger partial charge in [-0.3, -0.25) is 9.59 Å². The molecule has 148 valence electrons. The molecule has 26 heavy (non-hydrogen) atoms. The van der Waals surface area contributed by atoms with Crippen molar-refractivity contribution in [3.8, 4) is 0 Å². The molecule has 0 saturated heterocycles. The van der Waals surface area contributed by atoms with E-state index in [4.69, 9.17) is 22.3 Å². The summed E-state index contributed by atoms with van der Waals surface area (Å²) in [7, 11) is 0. The largest absolute Gasteiger partial charge is 0.480 e. The van der Waals surface area contributed by atoms with Crippen LogP contribution in [0.4, 0.5) is 13.2 Å². The normalized spacial score (nSPS) is 15.6. The maximum Gasteiger partial charge on any atom is 0.416 e. The Hall–Kier alpha value is -1.97. The van der Waals surface area contributed by atoms with Crippen molar-refractivity contribution in [2.45, 2.75) is 50.4 Å². The van der Waals surface area contributed by atoms with E-state index in [9.17, 15) is 22.8 Å². The predicted molar refractivity (Wildman–Crippen MR) is 92.6 cm³/mol. The quantitative estimate of drug-likeness (QED) is 0.597. The van der Waals surface area contributed by atoms with Gasteiger partial charge in [0.2, 0.25) is 0 Å². The minimum Gasteiger partial charge on any atom is -0.480 e. The molecule has 1 saturated carbocycles. The first-order valence-corrected chi connectivity index (χ1v) is 8.18. The Morgan fingerprint density at radius 2 is 1.69 bits per heavy atom. The van der Waals surface area contributed by atoms with E-state index in [1.54, 1.807) is 0 Å². The Morgan fingerprint density at radius 3 is 1.92 bits per heavy atom. The Balaban J connectivity index is 0.000000385. The van der Waals surface area contributed by atoms with E-state index < -0.39 is 23.8 Å². The zero-order valence-corrected chi connectivity index (χ0v) is 14.4. The molecule has 1 aliphatic carbocycles. The first kappa shape index (κ1) is 24.0. The topological polar surface area (TPSA) is 132 Å². The summed E-state index contributed by atoms with van der Waals surface area (Å²) in [5.41, 5.74) is 14.9. The second-order valence-corrected chi connectivity index (χ2v) is 5.82. The molecule has 0 aliphatic heterocycles. The number of hydrogen-bond donors (Lipinski definition) is 4. The molecule has 0 radical (unpaired) electrons. The van der Waals surface area contributed by atoms with Gasteiger partial charge in [-0.15, -0.1) is 0 Å². The number of carbonyl (C=O) groups excluding carboxylic acids is 1. The number of aliphatic carboxylic acids is 1. The summed E-state index contributed by atoms with van der Waals surface area (Å²) in [4.78, 5) is 19.8. The van der Waals surface area contributed by atoms with Crippen molar-refractivity contribution in [3.63, 3.8) is 0 Å². The molecule has 0 spiro atoms. The average Bonchev–Trinajstić information content (AvgIpc) is 2.62. The van der Waals surface area contributed by atoms with Gasteiger partial charge in [0.15, 0.2) is 0 Å². The first-order chi connectivity index (χ1) is 12.1. The fourth-order valence-corrected chi connectivity index (χ4v) is 1.99. The van der Waals surface area contributed by atoms with Crippen LogP contribution in [0.15, 0.2) is 24.3 Å². The minimum absolute atomic E-state index is 0.00463. The number of carboxylic acid groups (broad SMARTS) is 1. The summed E-state index contributed by atoms with van der Waals surface area (Å²) in [5.74, 6) is -1.05. The van der Waals surface area contributed by atoms with Crippen LogP contribution in [0.25, 0.3) is 0 Å². The van der Waals surface area contributed by atoms with Crippen LogP contribution < -0.4 is 17.2 Å². The van der Waals surface area contributed by atoms with E-state index in [1.807, 2.05) is 0 Å². The summed E-state index contributed by atoms with van der Waals surface area (Å²) in [6.07, 6.45) is 2.83. The highest BCUT2D eigenvalue weighted by Gasteiger charge is 2.29. The third-order valence-corrected chi connectivity index (χ3v) is 3.60. The van der Waals surface area contributed by atoms with Crippen molar-refractivity contribution in [1.82, 2.24) is 0 Å². The lowest BCUT2D eigenvalue weighted by atomic mass is 9.97. The van der Waals surface area contributed by atoms with Gasteiger partial charge in [0.05, 0.1) is 5.56 Å². The summed E-state index contributed by atoms with van der Waals surface area (Å²) in [5, 5.41) is 7.98. The zero-order chi connectivity index (χ0) is 20.2. The van der Waals surface area contributed by atoms with Gasteiger partial charge in [0.1, 0.15) is 12.3 Å². The number of alkyl halides is 3. The lowest BCUT2D eigenvalue weighted by Gasteiger charge is -2.15. The number of nitrogens with two attached hydrogens (primary N) is 3. The number of rotatable bonds is 3. The van der Waals surface area contributed by atoms with E-state index in [0.717, 1.165) is 24.3 Å². The Morgan fingerprint density at radius 1 is 1.19 bits per heavy atom. The molecule has 1 atom stereocenters. The standard InChI is InChI=1S/C8H5F3O.C6H13N.C3H8N2O2/c9-8(10,11)7-3-1-6(5-12)2-4-7;7-6-4-2-1-3-5-6;4-1-2(5)3(6)7/h1-5H;6H,1-5,7H2;2H,1,4-5H2,(H,6,7)/t;;2-/m..0/s1. The van der Waals surface area contributed by atoms with Gasteiger partial charge >= 0.3 is 12.1 Å². The zero-order valence-electron chi connectivity index (χ0n) is 14.4. The molecule has 1 aromatic carbocycles. The fraction of sp³-hybridized carbons (Fsp3) is 0.529. The molecule has 1 aromatic rings. The van der Waals surface area contributed by atoms with E-state index in [-0.39, 0.29) is 12.1 Å². The first-order valence-electron chi connectivity index (χ1n) is 8.18. The maximum atomic E-state index is 11.9. The predicted octanol–water partition coefficient (Wildman–Crippen LogP) is 2.15. The van der Waals surface area contributed by atoms with Gasteiger partial charge in [-0.05, 0) is 25.0 Å². The maximum absolute atomic E-state index is 11.9. The monoisotopic (exact) mass is 377 g/mol. The molecular formula is C17H26F3N3O3. The fourth-order valence-electron chi connectivity index (χ4n) is 1.99. The van der Waals surface area contributed by atoms with Gasteiger partial charge < -0.3 is 22.3 Å². The van der Waals surface area contributed by atoms with Crippen molar-refractivity contribution in [2.75, 3.05) is 6.54 Å². The van der Waals surface area contributed by atoms with E-state index in [1.165, 1.54) is 32.1 Å². The van der Waals surface area contributed by atoms with Crippen LogP contribution >= 0.6 is 0 Å². The molecule has 0 heterocycles. The van der Waals surface area contributed by atoms with Crippen LogP contribution in [-0.2, 0) is 11.0 Å². The van der Waals surface area contributed by atoms with Crippen LogP contribution in [0, 0.1) is 0 Å². The number of carbonyl (C=O) groups is 2. The third kappa shape index (κ3) is 10.8. The second-order valence-electron chi connectivity index (χ2n) is 5.82. The van der Waals surface area contributed by atoms with E-state index in [2.05, 4.69) is 0 Å².